The Kier molecular flexibility index (Phi) is 3.67. The van der Waals surface area contributed by atoms with E-state index in [-0.39, 0.29) is 16.2 Å². The number of benzene rings is 1. The molecule has 1 saturated carbocycles. The third-order valence-corrected chi connectivity index (χ3v) is 5.86. The number of sulfone groups is 1. The van der Waals surface area contributed by atoms with Gasteiger partial charge < -0.3 is 5.11 Å². The summed E-state index contributed by atoms with van der Waals surface area (Å²) < 4.78 is 24.9. The molecule has 110 valence electrons. The molecule has 0 saturated heterocycles. The van der Waals surface area contributed by atoms with Crippen molar-refractivity contribution in [3.05, 3.63) is 29.8 Å². The van der Waals surface area contributed by atoms with Crippen molar-refractivity contribution < 1.29 is 18.3 Å². The number of carbonyl (C=O) groups is 1. The number of carboxylic acid groups (broad SMARTS) is 1. The van der Waals surface area contributed by atoms with E-state index in [1.165, 1.54) is 12.1 Å². The predicted octanol–water partition coefficient (Wildman–Crippen LogP) is 2.62. The highest BCUT2D eigenvalue weighted by molar-refractivity contribution is 7.92. The lowest BCUT2D eigenvalue weighted by atomic mass is 9.87. The van der Waals surface area contributed by atoms with Crippen LogP contribution in [0.2, 0.25) is 0 Å². The van der Waals surface area contributed by atoms with Gasteiger partial charge in [0.25, 0.3) is 0 Å². The first-order chi connectivity index (χ1) is 9.14. The summed E-state index contributed by atoms with van der Waals surface area (Å²) >= 11 is 0. The SMILES string of the molecule is CC(C)(C)c1ccc(S(=O)(=O)C(C(=O)O)C2CC2)cc1. The maximum Gasteiger partial charge on any atom is 0.322 e. The minimum absolute atomic E-state index is 0.0645. The molecule has 1 atom stereocenters. The Labute approximate surface area is 119 Å². The number of hydrogen-bond donors (Lipinski definition) is 1. The molecule has 0 amide bonds. The summed E-state index contributed by atoms with van der Waals surface area (Å²) in [5.74, 6) is -1.48. The second-order valence-electron chi connectivity index (χ2n) is 6.42. The highest BCUT2D eigenvalue weighted by atomic mass is 32.2. The van der Waals surface area contributed by atoms with E-state index in [4.69, 9.17) is 0 Å². The lowest BCUT2D eigenvalue weighted by Crippen LogP contribution is -2.32. The maximum atomic E-state index is 12.4. The molecule has 5 heteroatoms. The molecule has 0 bridgehead atoms. The number of carboxylic acids is 1. The molecule has 4 nitrogen and oxygen atoms in total. The van der Waals surface area contributed by atoms with Crippen LogP contribution in [0.25, 0.3) is 0 Å². The Hall–Kier alpha value is -1.36. The Morgan fingerprint density at radius 2 is 1.70 bits per heavy atom. The first-order valence-corrected chi connectivity index (χ1v) is 8.26. The van der Waals surface area contributed by atoms with Crippen LogP contribution in [0.3, 0.4) is 0 Å². The minimum Gasteiger partial charge on any atom is -0.480 e. The largest absolute Gasteiger partial charge is 0.480 e. The third kappa shape index (κ3) is 2.87. The zero-order chi connectivity index (χ0) is 15.1. The second-order valence-corrected chi connectivity index (χ2v) is 8.48. The molecule has 0 heterocycles. The van der Waals surface area contributed by atoms with Gasteiger partial charge in [0.15, 0.2) is 15.1 Å². The van der Waals surface area contributed by atoms with Crippen LogP contribution in [0.5, 0.6) is 0 Å². The first-order valence-electron chi connectivity index (χ1n) is 6.71. The lowest BCUT2D eigenvalue weighted by molar-refractivity contribution is -0.136. The van der Waals surface area contributed by atoms with Crippen LogP contribution in [0.15, 0.2) is 29.2 Å². The minimum atomic E-state index is -3.80. The van der Waals surface area contributed by atoms with Gasteiger partial charge in [0, 0.05) is 0 Å². The summed E-state index contributed by atoms with van der Waals surface area (Å²) in [4.78, 5) is 11.3. The van der Waals surface area contributed by atoms with Crippen LogP contribution in [0.4, 0.5) is 0 Å². The Balaban J connectivity index is 2.37. The molecule has 1 N–H and O–H groups in total. The number of rotatable bonds is 4. The van der Waals surface area contributed by atoms with Crippen LogP contribution in [-0.2, 0) is 20.0 Å². The molecule has 20 heavy (non-hydrogen) atoms. The van der Waals surface area contributed by atoms with E-state index >= 15 is 0 Å². The van der Waals surface area contributed by atoms with E-state index < -0.39 is 21.1 Å². The zero-order valence-electron chi connectivity index (χ0n) is 12.0. The zero-order valence-corrected chi connectivity index (χ0v) is 12.8. The van der Waals surface area contributed by atoms with E-state index in [0.717, 1.165) is 5.56 Å². The number of hydrogen-bond acceptors (Lipinski definition) is 3. The fourth-order valence-electron chi connectivity index (χ4n) is 2.28. The summed E-state index contributed by atoms with van der Waals surface area (Å²) in [6.07, 6.45) is 1.35. The predicted molar refractivity (Wildman–Crippen MR) is 76.5 cm³/mol. The molecular formula is C15H20O4S. The average molecular weight is 296 g/mol. The van der Waals surface area contributed by atoms with E-state index in [2.05, 4.69) is 0 Å². The lowest BCUT2D eigenvalue weighted by Gasteiger charge is -2.19. The molecule has 1 aliphatic carbocycles. The van der Waals surface area contributed by atoms with Crippen molar-refractivity contribution in [1.82, 2.24) is 0 Å². The van der Waals surface area contributed by atoms with Crippen molar-refractivity contribution in [2.75, 3.05) is 0 Å². The molecule has 1 aromatic rings. The highest BCUT2D eigenvalue weighted by Crippen LogP contribution is 2.38. The summed E-state index contributed by atoms with van der Waals surface area (Å²) in [7, 11) is -3.80. The molecular weight excluding hydrogens is 276 g/mol. The molecule has 1 fully saturated rings. The Morgan fingerprint density at radius 1 is 1.20 bits per heavy atom. The van der Waals surface area contributed by atoms with Crippen LogP contribution < -0.4 is 0 Å². The molecule has 0 radical (unpaired) electrons. The Morgan fingerprint density at radius 3 is 2.05 bits per heavy atom. The quantitative estimate of drug-likeness (QED) is 0.927. The van der Waals surface area contributed by atoms with Gasteiger partial charge in [0.1, 0.15) is 0 Å². The fraction of sp³-hybridized carbons (Fsp3) is 0.533. The van der Waals surface area contributed by atoms with E-state index in [1.54, 1.807) is 12.1 Å². The Bertz CT molecular complexity index is 604. The smallest absolute Gasteiger partial charge is 0.322 e. The van der Waals surface area contributed by atoms with Gasteiger partial charge >= 0.3 is 5.97 Å². The summed E-state index contributed by atoms with van der Waals surface area (Å²) in [6.45, 7) is 6.13. The van der Waals surface area contributed by atoms with E-state index in [0.29, 0.717) is 12.8 Å². The van der Waals surface area contributed by atoms with Crippen molar-refractivity contribution >= 4 is 15.8 Å². The van der Waals surface area contributed by atoms with Gasteiger partial charge in [-0.1, -0.05) is 32.9 Å². The molecule has 1 unspecified atom stereocenters. The van der Waals surface area contributed by atoms with Crippen molar-refractivity contribution in [2.45, 2.75) is 49.2 Å². The van der Waals surface area contributed by atoms with Gasteiger partial charge in [-0.15, -0.1) is 0 Å². The van der Waals surface area contributed by atoms with Crippen molar-refractivity contribution in [3.63, 3.8) is 0 Å². The molecule has 2 rings (SSSR count). The van der Waals surface area contributed by atoms with E-state index in [9.17, 15) is 18.3 Å². The summed E-state index contributed by atoms with van der Waals surface area (Å²) in [6, 6.07) is 6.57. The topological polar surface area (TPSA) is 71.4 Å². The second kappa shape index (κ2) is 4.88. The van der Waals surface area contributed by atoms with Gasteiger partial charge in [0.05, 0.1) is 4.90 Å². The van der Waals surface area contributed by atoms with Crippen LogP contribution in [0.1, 0.15) is 39.2 Å². The van der Waals surface area contributed by atoms with Gasteiger partial charge in [-0.3, -0.25) is 4.79 Å². The van der Waals surface area contributed by atoms with Crippen LogP contribution in [-0.4, -0.2) is 24.7 Å². The average Bonchev–Trinajstić information content (AvgIpc) is 3.11. The van der Waals surface area contributed by atoms with Crippen molar-refractivity contribution in [2.24, 2.45) is 5.92 Å². The van der Waals surface area contributed by atoms with Crippen LogP contribution in [0, 0.1) is 5.92 Å². The van der Waals surface area contributed by atoms with Gasteiger partial charge in [-0.05, 0) is 41.9 Å². The summed E-state index contributed by atoms with van der Waals surface area (Å²) in [5, 5.41) is 7.88. The van der Waals surface area contributed by atoms with E-state index in [1.807, 2.05) is 20.8 Å². The number of aliphatic carboxylic acids is 1. The molecule has 0 aliphatic heterocycles. The third-order valence-electron chi connectivity index (χ3n) is 3.68. The maximum absolute atomic E-state index is 12.4. The van der Waals surface area contributed by atoms with Crippen LogP contribution >= 0.6 is 0 Å². The summed E-state index contributed by atoms with van der Waals surface area (Å²) in [5.41, 5.74) is 0.958. The monoisotopic (exact) mass is 296 g/mol. The molecule has 1 aromatic carbocycles. The normalized spacial score (nSPS) is 17.8. The van der Waals surface area contributed by atoms with Crippen molar-refractivity contribution in [1.29, 1.82) is 0 Å². The van der Waals surface area contributed by atoms with Crippen molar-refractivity contribution in [3.8, 4) is 0 Å². The van der Waals surface area contributed by atoms with Gasteiger partial charge in [-0.2, -0.15) is 0 Å². The molecule has 1 aliphatic rings. The first kappa shape index (κ1) is 15.0. The molecule has 0 aromatic heterocycles. The van der Waals surface area contributed by atoms with Gasteiger partial charge in [-0.25, -0.2) is 8.42 Å². The molecule has 0 spiro atoms. The standard InChI is InChI=1S/C15H20O4S/c1-15(2,3)11-6-8-12(9-7-11)20(18,19)13(14(16)17)10-4-5-10/h6-10,13H,4-5H2,1-3H3,(H,16,17). The fourth-order valence-corrected chi connectivity index (χ4v) is 4.13. The highest BCUT2D eigenvalue weighted by Gasteiger charge is 2.45. The van der Waals surface area contributed by atoms with Gasteiger partial charge in [0.2, 0.25) is 0 Å².